The van der Waals surface area contributed by atoms with Crippen LogP contribution in [0.15, 0.2) is 30.5 Å². The Labute approximate surface area is 122 Å². The second-order valence-electron chi connectivity index (χ2n) is 4.19. The van der Waals surface area contributed by atoms with Gasteiger partial charge in [0.25, 0.3) is 0 Å². The van der Waals surface area contributed by atoms with E-state index in [0.717, 1.165) is 5.56 Å². The molecule has 3 N–H and O–H groups in total. The van der Waals surface area contributed by atoms with Crippen molar-refractivity contribution in [3.63, 3.8) is 0 Å². The van der Waals surface area contributed by atoms with E-state index in [4.69, 9.17) is 10.5 Å². The van der Waals surface area contributed by atoms with Crippen molar-refractivity contribution in [2.24, 2.45) is 0 Å². The Balaban J connectivity index is 2.09. The molecule has 2 aromatic rings. The number of carbonyl (C=O) groups excluding carboxylic acids is 1. The van der Waals surface area contributed by atoms with Gasteiger partial charge in [-0.2, -0.15) is 0 Å². The number of hydrogen-bond donors (Lipinski definition) is 2. The van der Waals surface area contributed by atoms with Gasteiger partial charge in [0.2, 0.25) is 5.88 Å². The van der Waals surface area contributed by atoms with Crippen LogP contribution in [0.5, 0.6) is 5.88 Å². The van der Waals surface area contributed by atoms with Gasteiger partial charge in [0, 0.05) is 18.8 Å². The van der Waals surface area contributed by atoms with Crippen molar-refractivity contribution in [2.75, 3.05) is 25.3 Å². The molecule has 0 aliphatic heterocycles. The van der Waals surface area contributed by atoms with Crippen LogP contribution in [0.1, 0.15) is 16.1 Å². The van der Waals surface area contributed by atoms with Crippen LogP contribution in [0.25, 0.3) is 0 Å². The van der Waals surface area contributed by atoms with E-state index in [1.807, 2.05) is 6.07 Å². The molecule has 21 heavy (non-hydrogen) atoms. The summed E-state index contributed by atoms with van der Waals surface area (Å²) in [7, 11) is 2.86. The minimum atomic E-state index is -0.510. The van der Waals surface area contributed by atoms with Crippen molar-refractivity contribution in [3.05, 3.63) is 41.7 Å². The van der Waals surface area contributed by atoms with Gasteiger partial charge < -0.3 is 20.5 Å². The average Bonchev–Trinajstić information content (AvgIpc) is 2.53. The van der Waals surface area contributed by atoms with E-state index in [2.05, 4.69) is 20.0 Å². The molecule has 110 valence electrons. The Morgan fingerprint density at radius 3 is 2.71 bits per heavy atom. The Kier molecular flexibility index (Phi) is 4.55. The van der Waals surface area contributed by atoms with Crippen LogP contribution in [0.2, 0.25) is 0 Å². The Bertz CT molecular complexity index is 629. The number of rotatable bonds is 5. The monoisotopic (exact) mass is 288 g/mol. The van der Waals surface area contributed by atoms with Crippen LogP contribution in [0.3, 0.4) is 0 Å². The molecule has 0 aromatic carbocycles. The Morgan fingerprint density at radius 2 is 2.10 bits per heavy atom. The number of nitrogens with two attached hydrogens (primary N) is 1. The lowest BCUT2D eigenvalue weighted by molar-refractivity contribution is 0.0594. The summed E-state index contributed by atoms with van der Waals surface area (Å²) in [6, 6.07) is 6.76. The van der Waals surface area contributed by atoms with Crippen LogP contribution in [-0.4, -0.2) is 30.2 Å². The fourth-order valence-electron chi connectivity index (χ4n) is 1.65. The molecule has 0 bridgehead atoms. The summed E-state index contributed by atoms with van der Waals surface area (Å²) in [6.45, 7) is 0.471. The van der Waals surface area contributed by atoms with Gasteiger partial charge >= 0.3 is 5.97 Å². The molecule has 0 saturated carbocycles. The topological polar surface area (TPSA) is 99.4 Å². The smallest absolute Gasteiger partial charge is 0.356 e. The summed E-state index contributed by atoms with van der Waals surface area (Å²) in [5.41, 5.74) is 7.40. The minimum Gasteiger partial charge on any atom is -0.481 e. The molecule has 0 spiro atoms. The normalized spacial score (nSPS) is 10.0. The predicted octanol–water partition coefficient (Wildman–Crippen LogP) is 1.47. The molecular weight excluding hydrogens is 272 g/mol. The van der Waals surface area contributed by atoms with Crippen molar-refractivity contribution in [3.8, 4) is 5.88 Å². The third kappa shape index (κ3) is 3.59. The lowest BCUT2D eigenvalue weighted by Crippen LogP contribution is -2.10. The highest BCUT2D eigenvalue weighted by molar-refractivity contribution is 5.88. The molecule has 2 rings (SSSR count). The molecule has 0 aliphatic carbocycles. The maximum Gasteiger partial charge on any atom is 0.356 e. The van der Waals surface area contributed by atoms with Crippen LogP contribution in [0, 0.1) is 0 Å². The number of nitrogen functional groups attached to an aromatic ring is 1. The lowest BCUT2D eigenvalue weighted by atomic mass is 10.2. The zero-order valence-corrected chi connectivity index (χ0v) is 11.8. The van der Waals surface area contributed by atoms with Gasteiger partial charge in [0.05, 0.1) is 19.9 Å². The molecule has 0 atom stereocenters. The summed E-state index contributed by atoms with van der Waals surface area (Å²) in [6.07, 6.45) is 1.69. The standard InChI is InChI=1S/C14H16N4O3/c1-20-12-6-3-9(7-16-12)8-17-13-10(15)4-5-11(18-13)14(19)21-2/h3-7H,8,15H2,1-2H3,(H,17,18). The summed E-state index contributed by atoms with van der Waals surface area (Å²) >= 11 is 0. The highest BCUT2D eigenvalue weighted by Gasteiger charge is 2.10. The van der Waals surface area contributed by atoms with E-state index >= 15 is 0 Å². The second kappa shape index (κ2) is 6.56. The van der Waals surface area contributed by atoms with E-state index in [1.54, 1.807) is 25.4 Å². The quantitative estimate of drug-likeness (QED) is 0.803. The van der Waals surface area contributed by atoms with E-state index in [9.17, 15) is 4.79 Å². The average molecular weight is 288 g/mol. The molecule has 0 unspecified atom stereocenters. The third-order valence-electron chi connectivity index (χ3n) is 2.79. The highest BCUT2D eigenvalue weighted by atomic mass is 16.5. The van der Waals surface area contributed by atoms with E-state index < -0.39 is 5.97 Å². The maximum atomic E-state index is 11.4. The number of anilines is 2. The van der Waals surface area contributed by atoms with E-state index in [0.29, 0.717) is 23.9 Å². The molecule has 0 aliphatic rings. The first-order valence-corrected chi connectivity index (χ1v) is 6.21. The molecule has 0 fully saturated rings. The van der Waals surface area contributed by atoms with Crippen molar-refractivity contribution in [1.29, 1.82) is 0 Å². The minimum absolute atomic E-state index is 0.196. The molecular formula is C14H16N4O3. The summed E-state index contributed by atoms with van der Waals surface area (Å²) in [5.74, 6) is 0.460. The van der Waals surface area contributed by atoms with Gasteiger partial charge in [-0.3, -0.25) is 0 Å². The molecule has 7 heteroatoms. The van der Waals surface area contributed by atoms with E-state index in [1.165, 1.54) is 13.2 Å². The third-order valence-corrected chi connectivity index (χ3v) is 2.79. The molecule has 0 radical (unpaired) electrons. The number of hydrogen-bond acceptors (Lipinski definition) is 7. The Morgan fingerprint density at radius 1 is 1.29 bits per heavy atom. The fraction of sp³-hybridized carbons (Fsp3) is 0.214. The molecule has 2 aromatic heterocycles. The first-order chi connectivity index (χ1) is 10.1. The number of aromatic nitrogens is 2. The van der Waals surface area contributed by atoms with Crippen molar-refractivity contribution >= 4 is 17.5 Å². The van der Waals surface area contributed by atoms with Crippen LogP contribution in [-0.2, 0) is 11.3 Å². The van der Waals surface area contributed by atoms with Gasteiger partial charge in [-0.25, -0.2) is 14.8 Å². The molecule has 0 saturated heterocycles. The zero-order chi connectivity index (χ0) is 15.2. The van der Waals surface area contributed by atoms with Crippen molar-refractivity contribution in [1.82, 2.24) is 9.97 Å². The number of esters is 1. The largest absolute Gasteiger partial charge is 0.481 e. The maximum absolute atomic E-state index is 11.4. The fourth-order valence-corrected chi connectivity index (χ4v) is 1.65. The SMILES string of the molecule is COC(=O)c1ccc(N)c(NCc2ccc(OC)nc2)n1. The highest BCUT2D eigenvalue weighted by Crippen LogP contribution is 2.17. The van der Waals surface area contributed by atoms with Gasteiger partial charge in [0.15, 0.2) is 5.69 Å². The number of carbonyl (C=O) groups is 1. The Hall–Kier alpha value is -2.83. The summed E-state index contributed by atoms with van der Waals surface area (Å²) in [5, 5.41) is 3.06. The van der Waals surface area contributed by atoms with Gasteiger partial charge in [-0.15, -0.1) is 0 Å². The number of nitrogens with zero attached hydrogens (tertiary/aromatic N) is 2. The zero-order valence-electron chi connectivity index (χ0n) is 11.8. The number of methoxy groups -OCH3 is 2. The second-order valence-corrected chi connectivity index (χ2v) is 4.19. The van der Waals surface area contributed by atoms with E-state index in [-0.39, 0.29) is 5.69 Å². The first kappa shape index (κ1) is 14.6. The van der Waals surface area contributed by atoms with Gasteiger partial charge in [0.1, 0.15) is 5.82 Å². The van der Waals surface area contributed by atoms with Gasteiger partial charge in [-0.05, 0) is 17.7 Å². The summed E-state index contributed by atoms with van der Waals surface area (Å²) < 4.78 is 9.62. The molecule has 7 nitrogen and oxygen atoms in total. The number of nitrogens with one attached hydrogen (secondary N) is 1. The molecule has 2 heterocycles. The van der Waals surface area contributed by atoms with Crippen LogP contribution in [0.4, 0.5) is 11.5 Å². The van der Waals surface area contributed by atoms with Crippen molar-refractivity contribution < 1.29 is 14.3 Å². The summed E-state index contributed by atoms with van der Waals surface area (Å²) in [4.78, 5) is 19.7. The predicted molar refractivity (Wildman–Crippen MR) is 78.1 cm³/mol. The molecule has 0 amide bonds. The lowest BCUT2D eigenvalue weighted by Gasteiger charge is -2.09. The number of ether oxygens (including phenoxy) is 2. The van der Waals surface area contributed by atoms with Crippen LogP contribution >= 0.6 is 0 Å². The van der Waals surface area contributed by atoms with Crippen LogP contribution < -0.4 is 15.8 Å². The first-order valence-electron chi connectivity index (χ1n) is 6.21. The van der Waals surface area contributed by atoms with Gasteiger partial charge in [-0.1, -0.05) is 6.07 Å². The van der Waals surface area contributed by atoms with Crippen molar-refractivity contribution in [2.45, 2.75) is 6.54 Å². The number of pyridine rings is 2.